The summed E-state index contributed by atoms with van der Waals surface area (Å²) in [5.74, 6) is 0. The van der Waals surface area contributed by atoms with Gasteiger partial charge >= 0.3 is 0 Å². The smallest absolute Gasteiger partial charge is 0.0465 e. The fraction of sp³-hybridized carbons (Fsp3) is 0.167. The van der Waals surface area contributed by atoms with Crippen LogP contribution in [-0.2, 0) is 10.8 Å². The van der Waals surface area contributed by atoms with Gasteiger partial charge in [-0.15, -0.1) is 0 Å². The molecule has 0 fully saturated rings. The van der Waals surface area contributed by atoms with Crippen LogP contribution < -0.4 is 4.90 Å². The summed E-state index contributed by atoms with van der Waals surface area (Å²) in [4.78, 5) is 2.41. The molecule has 0 radical (unpaired) electrons. The molecule has 236 valence electrons. The molecule has 2 aliphatic carbocycles. The summed E-state index contributed by atoms with van der Waals surface area (Å²) in [5.41, 5.74) is 17.1. The lowest BCUT2D eigenvalue weighted by Gasteiger charge is -2.29. The quantitative estimate of drug-likeness (QED) is 0.176. The van der Waals surface area contributed by atoms with Crippen molar-refractivity contribution in [2.75, 3.05) is 4.90 Å². The Hall–Kier alpha value is -5.40. The predicted molar refractivity (Wildman–Crippen MR) is 209 cm³/mol. The Kier molecular flexibility index (Phi) is 5.61. The molecule has 8 aromatic carbocycles. The van der Waals surface area contributed by atoms with Crippen molar-refractivity contribution in [2.24, 2.45) is 0 Å². The second kappa shape index (κ2) is 9.61. The summed E-state index contributed by atoms with van der Waals surface area (Å²) >= 11 is 0. The number of hydrogen-bond acceptors (Lipinski definition) is 1. The van der Waals surface area contributed by atoms with Crippen molar-refractivity contribution in [3.63, 3.8) is 0 Å². The van der Waals surface area contributed by atoms with Crippen LogP contribution >= 0.6 is 0 Å². The standard InChI is InChI=1S/C48H39N/c1-28-17-21-30(22-18-28)49(31-23-19-29(2)20-24-31)32-25-26-34-40(27-32)48(5,6)46-38-15-10-14-37-42(38)41-35(12-9-13-36(41)44(34)46)43-33-11-7-8-16-39(33)47(3,4)45(37)43/h7-27H,1-6H3. The number of aryl methyl sites for hydroxylation is 2. The maximum atomic E-state index is 2.47. The maximum Gasteiger partial charge on any atom is 0.0465 e. The number of rotatable bonds is 3. The molecule has 0 atom stereocenters. The molecule has 0 amide bonds. The zero-order valence-corrected chi connectivity index (χ0v) is 29.1. The molecule has 0 saturated heterocycles. The zero-order chi connectivity index (χ0) is 33.4. The van der Waals surface area contributed by atoms with Gasteiger partial charge < -0.3 is 4.90 Å². The Balaban J connectivity index is 1.28. The maximum absolute atomic E-state index is 2.47. The van der Waals surface area contributed by atoms with E-state index in [4.69, 9.17) is 0 Å². The Morgan fingerprint density at radius 1 is 0.408 bits per heavy atom. The van der Waals surface area contributed by atoms with E-state index in [9.17, 15) is 0 Å². The third kappa shape index (κ3) is 3.66. The van der Waals surface area contributed by atoms with Gasteiger partial charge in [0.2, 0.25) is 0 Å². The topological polar surface area (TPSA) is 3.24 Å². The zero-order valence-electron chi connectivity index (χ0n) is 29.1. The monoisotopic (exact) mass is 629 g/mol. The van der Waals surface area contributed by atoms with Crippen molar-refractivity contribution >= 4 is 49.4 Å². The molecule has 0 bridgehead atoms. The van der Waals surface area contributed by atoms with Crippen LogP contribution in [0.5, 0.6) is 0 Å². The molecule has 0 N–H and O–H groups in total. The average Bonchev–Trinajstić information content (AvgIpc) is 3.50. The lowest BCUT2D eigenvalue weighted by Crippen LogP contribution is -2.18. The molecule has 0 unspecified atom stereocenters. The molecule has 2 aliphatic rings. The van der Waals surface area contributed by atoms with Crippen molar-refractivity contribution in [1.29, 1.82) is 0 Å². The van der Waals surface area contributed by atoms with E-state index in [2.05, 4.69) is 174 Å². The minimum absolute atomic E-state index is 0.0815. The van der Waals surface area contributed by atoms with E-state index in [0.717, 1.165) is 0 Å². The van der Waals surface area contributed by atoms with Gasteiger partial charge in [-0.3, -0.25) is 0 Å². The van der Waals surface area contributed by atoms with Gasteiger partial charge in [0.05, 0.1) is 0 Å². The lowest BCUT2D eigenvalue weighted by molar-refractivity contribution is 0.665. The SMILES string of the molecule is Cc1ccc(N(c2ccc(C)cc2)c2ccc3c(c2)C(C)(C)c2c-3c3cccc4c5c(c6cccc2c6c43)C(C)(C)c2ccccc2-5)cc1. The van der Waals surface area contributed by atoms with Crippen molar-refractivity contribution < 1.29 is 0 Å². The van der Waals surface area contributed by atoms with Gasteiger partial charge in [0, 0.05) is 27.9 Å². The lowest BCUT2D eigenvalue weighted by atomic mass is 9.75. The first kappa shape index (κ1) is 28.6. The minimum atomic E-state index is -0.196. The fourth-order valence-electron chi connectivity index (χ4n) is 9.63. The molecule has 1 heteroatoms. The summed E-state index contributed by atoms with van der Waals surface area (Å²) in [6.07, 6.45) is 0. The largest absolute Gasteiger partial charge is 0.310 e. The van der Waals surface area contributed by atoms with Gasteiger partial charge in [0.15, 0.2) is 0 Å². The molecule has 10 rings (SSSR count). The van der Waals surface area contributed by atoms with Crippen LogP contribution in [0.3, 0.4) is 0 Å². The molecular formula is C48H39N. The van der Waals surface area contributed by atoms with Gasteiger partial charge in [-0.1, -0.05) is 130 Å². The Bertz CT molecular complexity index is 2610. The second-order valence-electron chi connectivity index (χ2n) is 15.5. The summed E-state index contributed by atoms with van der Waals surface area (Å²) in [6.45, 7) is 14.0. The van der Waals surface area contributed by atoms with E-state index in [-0.39, 0.29) is 10.8 Å². The first-order valence-corrected chi connectivity index (χ1v) is 17.6. The van der Waals surface area contributed by atoms with E-state index in [0.29, 0.717) is 0 Å². The highest BCUT2D eigenvalue weighted by Gasteiger charge is 2.42. The van der Waals surface area contributed by atoms with Crippen LogP contribution in [0.2, 0.25) is 0 Å². The number of benzene rings is 8. The van der Waals surface area contributed by atoms with Gasteiger partial charge in [0.1, 0.15) is 0 Å². The van der Waals surface area contributed by atoms with Crippen molar-refractivity contribution in [2.45, 2.75) is 52.4 Å². The van der Waals surface area contributed by atoms with E-state index in [1.807, 2.05) is 0 Å². The molecule has 8 aromatic rings. The predicted octanol–water partition coefficient (Wildman–Crippen LogP) is 13.3. The normalized spacial score (nSPS) is 15.1. The first-order chi connectivity index (χ1) is 23.7. The number of nitrogens with zero attached hydrogens (tertiary/aromatic N) is 1. The highest BCUT2D eigenvalue weighted by Crippen LogP contribution is 2.61. The van der Waals surface area contributed by atoms with Crippen molar-refractivity contribution in [1.82, 2.24) is 0 Å². The van der Waals surface area contributed by atoms with Crippen LogP contribution in [0.4, 0.5) is 17.1 Å². The Morgan fingerprint density at radius 3 is 1.43 bits per heavy atom. The van der Waals surface area contributed by atoms with Gasteiger partial charge in [-0.05, 0) is 127 Å². The summed E-state index contributed by atoms with van der Waals surface area (Å²) < 4.78 is 0. The molecule has 0 aromatic heterocycles. The van der Waals surface area contributed by atoms with Crippen LogP contribution in [0.1, 0.15) is 61.1 Å². The van der Waals surface area contributed by atoms with E-state index < -0.39 is 0 Å². The van der Waals surface area contributed by atoms with Crippen molar-refractivity contribution in [3.05, 3.63) is 161 Å². The van der Waals surface area contributed by atoms with E-state index in [1.165, 1.54) is 105 Å². The van der Waals surface area contributed by atoms with Crippen LogP contribution in [0, 0.1) is 13.8 Å². The Labute approximate surface area is 288 Å². The summed E-state index contributed by atoms with van der Waals surface area (Å²) in [6, 6.07) is 48.3. The molecular weight excluding hydrogens is 591 g/mol. The first-order valence-electron chi connectivity index (χ1n) is 17.6. The van der Waals surface area contributed by atoms with Gasteiger partial charge in [0.25, 0.3) is 0 Å². The van der Waals surface area contributed by atoms with Crippen LogP contribution in [0.25, 0.3) is 54.6 Å². The minimum Gasteiger partial charge on any atom is -0.310 e. The van der Waals surface area contributed by atoms with E-state index >= 15 is 0 Å². The summed E-state index contributed by atoms with van der Waals surface area (Å²) in [5, 5.41) is 8.37. The second-order valence-corrected chi connectivity index (χ2v) is 15.5. The van der Waals surface area contributed by atoms with Gasteiger partial charge in [-0.2, -0.15) is 0 Å². The Morgan fingerprint density at radius 2 is 0.857 bits per heavy atom. The molecule has 49 heavy (non-hydrogen) atoms. The summed E-state index contributed by atoms with van der Waals surface area (Å²) in [7, 11) is 0. The van der Waals surface area contributed by atoms with E-state index in [1.54, 1.807) is 0 Å². The van der Waals surface area contributed by atoms with Crippen LogP contribution in [0.15, 0.2) is 127 Å². The van der Waals surface area contributed by atoms with Gasteiger partial charge in [-0.25, -0.2) is 0 Å². The molecule has 1 nitrogen and oxygen atoms in total. The average molecular weight is 630 g/mol. The molecule has 0 aliphatic heterocycles. The number of anilines is 3. The highest BCUT2D eigenvalue weighted by molar-refractivity contribution is 6.33. The number of hydrogen-bond donors (Lipinski definition) is 0. The molecule has 0 heterocycles. The van der Waals surface area contributed by atoms with Crippen molar-refractivity contribution in [3.8, 4) is 22.3 Å². The molecule has 0 spiro atoms. The third-order valence-electron chi connectivity index (χ3n) is 11.9. The number of fused-ring (bicyclic) bond motifs is 10. The highest BCUT2D eigenvalue weighted by atomic mass is 15.1. The fourth-order valence-corrected chi connectivity index (χ4v) is 9.63. The van der Waals surface area contributed by atoms with Crippen LogP contribution in [-0.4, -0.2) is 0 Å². The third-order valence-corrected chi connectivity index (χ3v) is 11.9. The molecule has 0 saturated carbocycles.